The molecule has 1 aliphatic rings. The van der Waals surface area contributed by atoms with Gasteiger partial charge in [0.15, 0.2) is 5.11 Å². The van der Waals surface area contributed by atoms with Gasteiger partial charge in [0.2, 0.25) is 5.96 Å². The van der Waals surface area contributed by atoms with Crippen LogP contribution in [0.2, 0.25) is 5.02 Å². The number of aliphatic imine (C=N–C) groups is 1. The number of nitrogens with one attached hydrogen (secondary N) is 2. The number of thiocarbonyl (C=S) groups is 1. The lowest BCUT2D eigenvalue weighted by molar-refractivity contribution is 0.644. The third-order valence-corrected chi connectivity index (χ3v) is 4.01. The summed E-state index contributed by atoms with van der Waals surface area (Å²) in [7, 11) is 0. The van der Waals surface area contributed by atoms with Gasteiger partial charge in [-0.1, -0.05) is 48.0 Å². The first-order valence-electron chi connectivity index (χ1n) is 7.39. The van der Waals surface area contributed by atoms with E-state index in [1.165, 1.54) is 5.56 Å². The molecule has 0 atom stereocenters. The van der Waals surface area contributed by atoms with Gasteiger partial charge in [-0.25, -0.2) is 0 Å². The minimum Gasteiger partial charge on any atom is -0.352 e. The second-order valence-electron chi connectivity index (χ2n) is 5.14. The first-order chi connectivity index (χ1) is 11.2. The molecule has 118 valence electrons. The van der Waals surface area contributed by atoms with Crippen LogP contribution >= 0.6 is 23.8 Å². The zero-order chi connectivity index (χ0) is 16.1. The highest BCUT2D eigenvalue weighted by molar-refractivity contribution is 7.80. The maximum absolute atomic E-state index is 6.00. The summed E-state index contributed by atoms with van der Waals surface area (Å²) in [5, 5.41) is 7.84. The van der Waals surface area contributed by atoms with Crippen LogP contribution in [-0.2, 0) is 6.54 Å². The number of guanidine groups is 1. The maximum atomic E-state index is 6.00. The summed E-state index contributed by atoms with van der Waals surface area (Å²) < 4.78 is 0. The third-order valence-electron chi connectivity index (χ3n) is 3.46. The first kappa shape index (κ1) is 15.8. The molecule has 1 aliphatic heterocycles. The van der Waals surface area contributed by atoms with Crippen molar-refractivity contribution in [2.24, 2.45) is 4.99 Å². The van der Waals surface area contributed by atoms with Gasteiger partial charge in [0, 0.05) is 23.8 Å². The number of halogens is 1. The predicted molar refractivity (Wildman–Crippen MR) is 100.0 cm³/mol. The van der Waals surface area contributed by atoms with Crippen molar-refractivity contribution in [3.05, 3.63) is 65.2 Å². The Kier molecular flexibility index (Phi) is 5.10. The molecular formula is C17H17ClN4S. The molecule has 0 radical (unpaired) electrons. The summed E-state index contributed by atoms with van der Waals surface area (Å²) in [6, 6.07) is 17.7. The Morgan fingerprint density at radius 1 is 1.17 bits per heavy atom. The van der Waals surface area contributed by atoms with Crippen molar-refractivity contribution in [1.29, 1.82) is 0 Å². The van der Waals surface area contributed by atoms with E-state index in [1.54, 1.807) is 0 Å². The van der Waals surface area contributed by atoms with Crippen LogP contribution in [-0.4, -0.2) is 29.1 Å². The van der Waals surface area contributed by atoms with Crippen LogP contribution in [0.3, 0.4) is 0 Å². The van der Waals surface area contributed by atoms with E-state index in [2.05, 4.69) is 27.8 Å². The van der Waals surface area contributed by atoms with Crippen molar-refractivity contribution in [2.45, 2.75) is 6.54 Å². The highest BCUT2D eigenvalue weighted by atomic mass is 35.5. The number of hydrogen-bond acceptors (Lipinski definition) is 3. The lowest BCUT2D eigenvalue weighted by Gasteiger charge is -2.22. The Labute approximate surface area is 146 Å². The molecule has 1 heterocycles. The normalized spacial score (nSPS) is 13.6. The molecule has 0 fully saturated rings. The van der Waals surface area contributed by atoms with Crippen molar-refractivity contribution in [3.63, 3.8) is 0 Å². The van der Waals surface area contributed by atoms with Crippen molar-refractivity contribution in [2.75, 3.05) is 18.4 Å². The van der Waals surface area contributed by atoms with Crippen molar-refractivity contribution in [1.82, 2.24) is 10.2 Å². The van der Waals surface area contributed by atoms with E-state index in [9.17, 15) is 0 Å². The number of benzene rings is 2. The predicted octanol–water partition coefficient (Wildman–Crippen LogP) is 3.50. The number of nitrogens with zero attached hydrogens (tertiary/aromatic N) is 2. The van der Waals surface area contributed by atoms with E-state index in [-0.39, 0.29) is 0 Å². The Hall–Kier alpha value is -2.11. The van der Waals surface area contributed by atoms with Gasteiger partial charge >= 0.3 is 0 Å². The molecule has 2 N–H and O–H groups in total. The molecule has 0 saturated carbocycles. The summed E-state index contributed by atoms with van der Waals surface area (Å²) in [6.07, 6.45) is 0. The Morgan fingerprint density at radius 3 is 2.78 bits per heavy atom. The fraction of sp³-hybridized carbons (Fsp3) is 0.176. The molecule has 0 spiro atoms. The second-order valence-corrected chi connectivity index (χ2v) is 5.96. The fourth-order valence-corrected chi connectivity index (χ4v) is 2.82. The summed E-state index contributed by atoms with van der Waals surface area (Å²) in [6.45, 7) is 2.22. The number of anilines is 1. The van der Waals surface area contributed by atoms with Crippen LogP contribution in [0.15, 0.2) is 59.6 Å². The van der Waals surface area contributed by atoms with Gasteiger partial charge < -0.3 is 10.6 Å². The average Bonchev–Trinajstić information content (AvgIpc) is 3.02. The van der Waals surface area contributed by atoms with Crippen LogP contribution in [0.4, 0.5) is 5.69 Å². The maximum Gasteiger partial charge on any atom is 0.200 e. The van der Waals surface area contributed by atoms with Crippen LogP contribution in [0.25, 0.3) is 0 Å². The molecule has 0 saturated heterocycles. The standard InChI is InChI=1S/C17H17ClN4S/c18-14-7-4-8-15(11-14)21-17(23)22-10-9-19-16(22)20-12-13-5-2-1-3-6-13/h1-8,11H,9-10,12H2,(H,19,20)(H,21,23). The summed E-state index contributed by atoms with van der Waals surface area (Å²) >= 11 is 11.5. The largest absolute Gasteiger partial charge is 0.352 e. The zero-order valence-corrected chi connectivity index (χ0v) is 14.1. The molecule has 0 unspecified atom stereocenters. The van der Waals surface area contributed by atoms with E-state index in [4.69, 9.17) is 23.8 Å². The number of hydrogen-bond donors (Lipinski definition) is 2. The lowest BCUT2D eigenvalue weighted by Crippen LogP contribution is -2.44. The van der Waals surface area contributed by atoms with Crippen molar-refractivity contribution < 1.29 is 0 Å². The van der Waals surface area contributed by atoms with Crippen molar-refractivity contribution >= 4 is 40.6 Å². The van der Waals surface area contributed by atoms with Gasteiger partial charge in [0.25, 0.3) is 0 Å². The average molecular weight is 345 g/mol. The molecule has 23 heavy (non-hydrogen) atoms. The van der Waals surface area contributed by atoms with E-state index < -0.39 is 0 Å². The molecule has 0 amide bonds. The van der Waals surface area contributed by atoms with Gasteiger partial charge in [-0.15, -0.1) is 0 Å². The molecular weight excluding hydrogens is 328 g/mol. The van der Waals surface area contributed by atoms with Crippen LogP contribution in [0.1, 0.15) is 5.56 Å². The fourth-order valence-electron chi connectivity index (χ4n) is 2.33. The Balaban J connectivity index is 1.60. The minimum atomic E-state index is 0.615. The quantitative estimate of drug-likeness (QED) is 0.836. The van der Waals surface area contributed by atoms with Gasteiger partial charge in [0.1, 0.15) is 0 Å². The monoisotopic (exact) mass is 344 g/mol. The van der Waals surface area contributed by atoms with Gasteiger partial charge in [-0.05, 0) is 36.0 Å². The molecule has 6 heteroatoms. The van der Waals surface area contributed by atoms with Gasteiger partial charge in [-0.2, -0.15) is 0 Å². The number of rotatable bonds is 3. The summed E-state index contributed by atoms with van der Waals surface area (Å²) in [5.41, 5.74) is 2.08. The first-order valence-corrected chi connectivity index (χ1v) is 8.17. The highest BCUT2D eigenvalue weighted by Crippen LogP contribution is 2.16. The Bertz CT molecular complexity index is 718. The van der Waals surface area contributed by atoms with E-state index in [0.29, 0.717) is 10.1 Å². The van der Waals surface area contributed by atoms with Gasteiger partial charge in [-0.3, -0.25) is 9.89 Å². The molecule has 2 aromatic rings. The van der Waals surface area contributed by atoms with E-state index in [1.807, 2.05) is 47.4 Å². The summed E-state index contributed by atoms with van der Waals surface area (Å²) in [4.78, 5) is 6.46. The van der Waals surface area contributed by atoms with Gasteiger partial charge in [0.05, 0.1) is 6.54 Å². The molecule has 0 aliphatic carbocycles. The van der Waals surface area contributed by atoms with Crippen LogP contribution < -0.4 is 10.6 Å². The molecule has 2 aromatic carbocycles. The van der Waals surface area contributed by atoms with Crippen LogP contribution in [0.5, 0.6) is 0 Å². The van der Waals surface area contributed by atoms with Crippen LogP contribution in [0, 0.1) is 0 Å². The minimum absolute atomic E-state index is 0.615. The molecule has 0 bridgehead atoms. The van der Waals surface area contributed by atoms with E-state index >= 15 is 0 Å². The van der Waals surface area contributed by atoms with Crippen molar-refractivity contribution in [3.8, 4) is 0 Å². The zero-order valence-electron chi connectivity index (χ0n) is 12.5. The summed E-state index contributed by atoms with van der Waals surface area (Å²) in [5.74, 6) is 0.799. The highest BCUT2D eigenvalue weighted by Gasteiger charge is 2.20. The SMILES string of the molecule is S=C(Nc1cccc(Cl)c1)N1CCN=C1NCc1ccccc1. The second kappa shape index (κ2) is 7.44. The smallest absolute Gasteiger partial charge is 0.200 e. The topological polar surface area (TPSA) is 39.7 Å². The molecule has 4 nitrogen and oxygen atoms in total. The van der Waals surface area contributed by atoms with E-state index in [0.717, 1.165) is 31.3 Å². The molecule has 3 rings (SSSR count). The third kappa shape index (κ3) is 4.21. The lowest BCUT2D eigenvalue weighted by atomic mass is 10.2. The molecule has 0 aromatic heterocycles. The Morgan fingerprint density at radius 2 is 2.00 bits per heavy atom.